The molecule has 1 rings (SSSR count). The molecule has 86 valence electrons. The molecular weight excluding hydrogens is 204 g/mol. The lowest BCUT2D eigenvalue weighted by Crippen LogP contribution is -2.18. The van der Waals surface area contributed by atoms with Crippen LogP contribution in [0.4, 0.5) is 0 Å². The first-order chi connectivity index (χ1) is 7.63. The largest absolute Gasteiger partial charge is 0.494 e. The molecular formula is C12H16N2O2. The second kappa shape index (κ2) is 5.90. The van der Waals surface area contributed by atoms with Crippen molar-refractivity contribution in [1.29, 1.82) is 0 Å². The van der Waals surface area contributed by atoms with Crippen molar-refractivity contribution in [3.05, 3.63) is 29.8 Å². The highest BCUT2D eigenvalue weighted by molar-refractivity contribution is 5.95. The van der Waals surface area contributed by atoms with E-state index < -0.39 is 0 Å². The van der Waals surface area contributed by atoms with Crippen molar-refractivity contribution in [2.45, 2.75) is 20.8 Å². The molecule has 0 aliphatic carbocycles. The number of ether oxygens (including phenoxy) is 1. The van der Waals surface area contributed by atoms with E-state index in [2.05, 4.69) is 10.5 Å². The van der Waals surface area contributed by atoms with Crippen LogP contribution in [0, 0.1) is 0 Å². The first-order valence-electron chi connectivity index (χ1n) is 5.17. The van der Waals surface area contributed by atoms with Crippen LogP contribution >= 0.6 is 0 Å². The predicted molar refractivity (Wildman–Crippen MR) is 63.9 cm³/mol. The fraction of sp³-hybridized carbons (Fsp3) is 0.333. The maximum Gasteiger partial charge on any atom is 0.271 e. The monoisotopic (exact) mass is 220 g/mol. The minimum absolute atomic E-state index is 0.218. The summed E-state index contributed by atoms with van der Waals surface area (Å²) in [7, 11) is 0. The second-order valence-corrected chi connectivity index (χ2v) is 3.46. The summed E-state index contributed by atoms with van der Waals surface area (Å²) in [6, 6.07) is 6.95. The molecule has 4 heteroatoms. The highest BCUT2D eigenvalue weighted by Gasteiger charge is 2.03. The molecule has 0 unspecified atom stereocenters. The van der Waals surface area contributed by atoms with Gasteiger partial charge in [0.1, 0.15) is 5.75 Å². The van der Waals surface area contributed by atoms with E-state index in [0.29, 0.717) is 12.2 Å². The molecule has 0 spiro atoms. The molecule has 0 aliphatic rings. The van der Waals surface area contributed by atoms with Gasteiger partial charge in [-0.3, -0.25) is 4.79 Å². The number of carbonyl (C=O) groups is 1. The van der Waals surface area contributed by atoms with Crippen molar-refractivity contribution in [3.63, 3.8) is 0 Å². The Morgan fingerprint density at radius 2 is 1.94 bits per heavy atom. The topological polar surface area (TPSA) is 50.7 Å². The molecule has 1 amide bonds. The molecule has 0 heterocycles. The standard InChI is InChI=1S/C12H16N2O2/c1-4-16-11-7-5-10(6-8-11)12(15)14-13-9(2)3/h5-8H,4H2,1-3H3,(H,14,15). The molecule has 1 aromatic carbocycles. The molecule has 0 atom stereocenters. The fourth-order valence-corrected chi connectivity index (χ4v) is 1.10. The molecule has 0 saturated heterocycles. The average Bonchev–Trinajstić information content (AvgIpc) is 2.27. The number of hydrogen-bond donors (Lipinski definition) is 1. The van der Waals surface area contributed by atoms with Crippen LogP contribution in [-0.2, 0) is 0 Å². The van der Waals surface area contributed by atoms with E-state index >= 15 is 0 Å². The number of hydrazone groups is 1. The number of benzene rings is 1. The first-order valence-corrected chi connectivity index (χ1v) is 5.17. The zero-order chi connectivity index (χ0) is 12.0. The molecule has 16 heavy (non-hydrogen) atoms. The molecule has 0 bridgehead atoms. The molecule has 4 nitrogen and oxygen atoms in total. The maximum absolute atomic E-state index is 11.6. The van der Waals surface area contributed by atoms with E-state index in [-0.39, 0.29) is 5.91 Å². The second-order valence-electron chi connectivity index (χ2n) is 3.46. The lowest BCUT2D eigenvalue weighted by molar-refractivity contribution is 0.0954. The summed E-state index contributed by atoms with van der Waals surface area (Å²) in [6.45, 7) is 6.17. The van der Waals surface area contributed by atoms with E-state index in [1.54, 1.807) is 24.3 Å². The van der Waals surface area contributed by atoms with Gasteiger partial charge in [0.15, 0.2) is 0 Å². The van der Waals surface area contributed by atoms with Crippen molar-refractivity contribution in [2.24, 2.45) is 5.10 Å². The number of carbonyl (C=O) groups excluding carboxylic acids is 1. The molecule has 0 aromatic heterocycles. The third-order valence-electron chi connectivity index (χ3n) is 1.81. The van der Waals surface area contributed by atoms with E-state index in [0.717, 1.165) is 11.5 Å². The average molecular weight is 220 g/mol. The van der Waals surface area contributed by atoms with Crippen LogP contribution in [0.25, 0.3) is 0 Å². The third kappa shape index (κ3) is 3.73. The van der Waals surface area contributed by atoms with Gasteiger partial charge in [-0.1, -0.05) is 0 Å². The number of rotatable bonds is 4. The molecule has 0 aliphatic heterocycles. The van der Waals surface area contributed by atoms with E-state index in [9.17, 15) is 4.79 Å². The van der Waals surface area contributed by atoms with Gasteiger partial charge in [-0.25, -0.2) is 5.43 Å². The van der Waals surface area contributed by atoms with Crippen LogP contribution in [0.1, 0.15) is 31.1 Å². The van der Waals surface area contributed by atoms with Gasteiger partial charge in [0, 0.05) is 11.3 Å². The summed E-state index contributed by atoms with van der Waals surface area (Å²) in [5.74, 6) is 0.540. The summed E-state index contributed by atoms with van der Waals surface area (Å²) in [5.41, 5.74) is 3.83. The minimum atomic E-state index is -0.218. The lowest BCUT2D eigenvalue weighted by Gasteiger charge is -2.04. The SMILES string of the molecule is CCOc1ccc(C(=O)NN=C(C)C)cc1. The Labute approximate surface area is 95.3 Å². The Bertz CT molecular complexity index is 379. The smallest absolute Gasteiger partial charge is 0.271 e. The molecule has 0 saturated carbocycles. The molecule has 1 N–H and O–H groups in total. The highest BCUT2D eigenvalue weighted by atomic mass is 16.5. The number of hydrogen-bond acceptors (Lipinski definition) is 3. The summed E-state index contributed by atoms with van der Waals surface area (Å²) >= 11 is 0. The Kier molecular flexibility index (Phi) is 4.51. The minimum Gasteiger partial charge on any atom is -0.494 e. The summed E-state index contributed by atoms with van der Waals surface area (Å²) in [4.78, 5) is 11.6. The maximum atomic E-state index is 11.6. The Hall–Kier alpha value is -1.84. The lowest BCUT2D eigenvalue weighted by atomic mass is 10.2. The number of nitrogens with one attached hydrogen (secondary N) is 1. The van der Waals surface area contributed by atoms with E-state index in [1.165, 1.54) is 0 Å². The summed E-state index contributed by atoms with van der Waals surface area (Å²) < 4.78 is 5.28. The van der Waals surface area contributed by atoms with Crippen LogP contribution < -0.4 is 10.2 Å². The van der Waals surface area contributed by atoms with Crippen molar-refractivity contribution < 1.29 is 9.53 Å². The van der Waals surface area contributed by atoms with Crippen LogP contribution in [0.5, 0.6) is 5.75 Å². The van der Waals surface area contributed by atoms with Crippen molar-refractivity contribution in [3.8, 4) is 5.75 Å². The van der Waals surface area contributed by atoms with Gasteiger partial charge in [0.25, 0.3) is 5.91 Å². The highest BCUT2D eigenvalue weighted by Crippen LogP contribution is 2.11. The third-order valence-corrected chi connectivity index (χ3v) is 1.81. The predicted octanol–water partition coefficient (Wildman–Crippen LogP) is 2.21. The van der Waals surface area contributed by atoms with Gasteiger partial charge in [-0.15, -0.1) is 0 Å². The quantitative estimate of drug-likeness (QED) is 0.624. The number of amides is 1. The van der Waals surface area contributed by atoms with Crippen LogP contribution in [0.15, 0.2) is 29.4 Å². The molecule has 0 fully saturated rings. The fourth-order valence-electron chi connectivity index (χ4n) is 1.10. The number of nitrogens with zero attached hydrogens (tertiary/aromatic N) is 1. The van der Waals surface area contributed by atoms with Gasteiger partial charge >= 0.3 is 0 Å². The zero-order valence-corrected chi connectivity index (χ0v) is 9.78. The van der Waals surface area contributed by atoms with E-state index in [4.69, 9.17) is 4.74 Å². The van der Waals surface area contributed by atoms with Gasteiger partial charge in [0.05, 0.1) is 6.61 Å². The Morgan fingerprint density at radius 1 is 1.31 bits per heavy atom. The Balaban J connectivity index is 2.66. The van der Waals surface area contributed by atoms with Crippen LogP contribution in [-0.4, -0.2) is 18.2 Å². The Morgan fingerprint density at radius 3 is 2.44 bits per heavy atom. The summed E-state index contributed by atoms with van der Waals surface area (Å²) in [6.07, 6.45) is 0. The van der Waals surface area contributed by atoms with Crippen molar-refractivity contribution in [1.82, 2.24) is 5.43 Å². The van der Waals surface area contributed by atoms with E-state index in [1.807, 2.05) is 20.8 Å². The van der Waals surface area contributed by atoms with Crippen molar-refractivity contribution >= 4 is 11.6 Å². The van der Waals surface area contributed by atoms with Gasteiger partial charge in [-0.05, 0) is 45.0 Å². The van der Waals surface area contributed by atoms with Gasteiger partial charge in [-0.2, -0.15) is 5.10 Å². The van der Waals surface area contributed by atoms with Crippen molar-refractivity contribution in [2.75, 3.05) is 6.61 Å². The first kappa shape index (κ1) is 12.2. The van der Waals surface area contributed by atoms with Crippen LogP contribution in [0.3, 0.4) is 0 Å². The van der Waals surface area contributed by atoms with Crippen LogP contribution in [0.2, 0.25) is 0 Å². The normalized spacial score (nSPS) is 9.44. The summed E-state index contributed by atoms with van der Waals surface area (Å²) in [5, 5.41) is 3.85. The van der Waals surface area contributed by atoms with Gasteiger partial charge in [0.2, 0.25) is 0 Å². The molecule has 0 radical (unpaired) electrons. The molecule has 1 aromatic rings. The zero-order valence-electron chi connectivity index (χ0n) is 9.78. The van der Waals surface area contributed by atoms with Gasteiger partial charge < -0.3 is 4.74 Å².